The average molecular weight is 284 g/mol. The smallest absolute Gasteiger partial charge is 0.333 e. The number of carboxylic acids is 1. The normalized spacial score (nSPS) is 12.1. The molecule has 3 nitrogen and oxygen atoms in total. The summed E-state index contributed by atoms with van der Waals surface area (Å²) < 4.78 is 5.58. The van der Waals surface area contributed by atoms with Gasteiger partial charge in [-0.15, -0.1) is 0 Å². The van der Waals surface area contributed by atoms with E-state index in [4.69, 9.17) is 4.74 Å². The van der Waals surface area contributed by atoms with Gasteiger partial charge in [-0.25, -0.2) is 4.79 Å². The maximum absolute atomic E-state index is 11.4. The van der Waals surface area contributed by atoms with Gasteiger partial charge < -0.3 is 9.84 Å². The lowest BCUT2D eigenvalue weighted by atomic mass is 10.0. The highest BCUT2D eigenvalue weighted by molar-refractivity contribution is 5.72. The van der Waals surface area contributed by atoms with Gasteiger partial charge in [0.25, 0.3) is 0 Å². The second kappa shape index (κ2) is 7.04. The van der Waals surface area contributed by atoms with Crippen molar-refractivity contribution in [2.24, 2.45) is 0 Å². The van der Waals surface area contributed by atoms with Gasteiger partial charge in [0, 0.05) is 6.42 Å². The Morgan fingerprint density at radius 3 is 2.48 bits per heavy atom. The first-order valence-corrected chi connectivity index (χ1v) is 7.00. The molecule has 0 aliphatic carbocycles. The first-order chi connectivity index (χ1) is 10.1. The van der Waals surface area contributed by atoms with Crippen LogP contribution in [0.2, 0.25) is 0 Å². The highest BCUT2D eigenvalue weighted by Gasteiger charge is 2.19. The van der Waals surface area contributed by atoms with E-state index in [1.807, 2.05) is 56.3 Å². The van der Waals surface area contributed by atoms with Gasteiger partial charge in [0.1, 0.15) is 0 Å². The number of aliphatic carboxylic acids is 1. The van der Waals surface area contributed by atoms with E-state index in [0.29, 0.717) is 13.0 Å². The molecule has 2 rings (SSSR count). The standard InChI is InChI=1S/C18H20O3/c1-13-8-9-16(14(2)10-13)11-17(18(19)20)21-12-15-6-4-3-5-7-15/h3-10,17H,11-12H2,1-2H3,(H,19,20)/t17-/m0/s1. The Balaban J connectivity index is 2.04. The van der Waals surface area contributed by atoms with E-state index < -0.39 is 12.1 Å². The lowest BCUT2D eigenvalue weighted by Crippen LogP contribution is -2.26. The summed E-state index contributed by atoms with van der Waals surface area (Å²) in [6.07, 6.45) is -0.444. The maximum atomic E-state index is 11.4. The summed E-state index contributed by atoms with van der Waals surface area (Å²) in [7, 11) is 0. The fourth-order valence-corrected chi connectivity index (χ4v) is 2.26. The fourth-order valence-electron chi connectivity index (χ4n) is 2.26. The molecule has 0 radical (unpaired) electrons. The number of hydrogen-bond donors (Lipinski definition) is 1. The zero-order chi connectivity index (χ0) is 15.2. The Labute approximate surface area is 125 Å². The summed E-state index contributed by atoms with van der Waals surface area (Å²) in [4.78, 5) is 11.4. The molecule has 0 heterocycles. The molecule has 110 valence electrons. The van der Waals surface area contributed by atoms with Gasteiger partial charge >= 0.3 is 5.97 Å². The molecule has 1 N–H and O–H groups in total. The second-order valence-electron chi connectivity index (χ2n) is 5.26. The van der Waals surface area contributed by atoms with Crippen molar-refractivity contribution in [1.29, 1.82) is 0 Å². The van der Waals surface area contributed by atoms with Gasteiger partial charge in [-0.05, 0) is 30.5 Å². The van der Waals surface area contributed by atoms with Crippen molar-refractivity contribution >= 4 is 5.97 Å². The van der Waals surface area contributed by atoms with E-state index in [2.05, 4.69) is 6.07 Å². The molecular weight excluding hydrogens is 264 g/mol. The third kappa shape index (κ3) is 4.43. The van der Waals surface area contributed by atoms with Crippen molar-refractivity contribution < 1.29 is 14.6 Å². The van der Waals surface area contributed by atoms with Gasteiger partial charge in [-0.1, -0.05) is 54.1 Å². The minimum atomic E-state index is -0.925. The Morgan fingerprint density at radius 2 is 1.86 bits per heavy atom. The fraction of sp³-hybridized carbons (Fsp3) is 0.278. The number of rotatable bonds is 6. The van der Waals surface area contributed by atoms with Crippen LogP contribution in [0.15, 0.2) is 48.5 Å². The summed E-state index contributed by atoms with van der Waals surface area (Å²) in [5, 5.41) is 9.33. The topological polar surface area (TPSA) is 46.5 Å². The molecular formula is C18H20O3. The molecule has 0 bridgehead atoms. The lowest BCUT2D eigenvalue weighted by molar-refractivity contribution is -0.151. The summed E-state index contributed by atoms with van der Waals surface area (Å²) in [6.45, 7) is 4.33. The van der Waals surface area contributed by atoms with Crippen molar-refractivity contribution in [2.45, 2.75) is 33.0 Å². The maximum Gasteiger partial charge on any atom is 0.333 e. The lowest BCUT2D eigenvalue weighted by Gasteiger charge is -2.15. The van der Waals surface area contributed by atoms with Crippen LogP contribution in [-0.4, -0.2) is 17.2 Å². The van der Waals surface area contributed by atoms with E-state index in [0.717, 1.165) is 16.7 Å². The Morgan fingerprint density at radius 1 is 1.14 bits per heavy atom. The van der Waals surface area contributed by atoms with Gasteiger partial charge in [-0.3, -0.25) is 0 Å². The van der Waals surface area contributed by atoms with E-state index in [1.54, 1.807) is 0 Å². The predicted octanol–water partition coefficient (Wildman–Crippen LogP) is 3.52. The second-order valence-corrected chi connectivity index (χ2v) is 5.26. The molecule has 0 aromatic heterocycles. The highest BCUT2D eigenvalue weighted by atomic mass is 16.5. The SMILES string of the molecule is Cc1ccc(C[C@H](OCc2ccccc2)C(=O)O)c(C)c1. The quantitative estimate of drug-likeness (QED) is 0.883. The van der Waals surface area contributed by atoms with Crippen LogP contribution in [0.3, 0.4) is 0 Å². The van der Waals surface area contributed by atoms with Crippen LogP contribution in [0.1, 0.15) is 22.3 Å². The number of ether oxygens (including phenoxy) is 1. The largest absolute Gasteiger partial charge is 0.479 e. The van der Waals surface area contributed by atoms with Crippen molar-refractivity contribution in [3.63, 3.8) is 0 Å². The van der Waals surface area contributed by atoms with E-state index in [-0.39, 0.29) is 0 Å². The molecule has 0 aliphatic heterocycles. The first-order valence-electron chi connectivity index (χ1n) is 7.00. The number of carboxylic acid groups (broad SMARTS) is 1. The molecule has 0 spiro atoms. The molecule has 21 heavy (non-hydrogen) atoms. The summed E-state index contributed by atoms with van der Waals surface area (Å²) >= 11 is 0. The van der Waals surface area contributed by atoms with E-state index in [1.165, 1.54) is 5.56 Å². The molecule has 2 aromatic carbocycles. The molecule has 0 fully saturated rings. The van der Waals surface area contributed by atoms with Crippen LogP contribution < -0.4 is 0 Å². The van der Waals surface area contributed by atoms with Gasteiger partial charge in [0.05, 0.1) is 6.61 Å². The average Bonchev–Trinajstić information content (AvgIpc) is 2.46. The predicted molar refractivity (Wildman–Crippen MR) is 82.3 cm³/mol. The molecule has 0 unspecified atom stereocenters. The number of aryl methyl sites for hydroxylation is 2. The Kier molecular flexibility index (Phi) is 5.12. The van der Waals surface area contributed by atoms with Gasteiger partial charge in [-0.2, -0.15) is 0 Å². The summed E-state index contributed by atoms with van der Waals surface area (Å²) in [5.74, 6) is -0.925. The third-order valence-corrected chi connectivity index (χ3v) is 3.47. The molecule has 0 saturated heterocycles. The van der Waals surface area contributed by atoms with Gasteiger partial charge in [0.15, 0.2) is 6.10 Å². The van der Waals surface area contributed by atoms with Crippen molar-refractivity contribution in [3.05, 3.63) is 70.8 Å². The van der Waals surface area contributed by atoms with Crippen LogP contribution in [0.5, 0.6) is 0 Å². The summed E-state index contributed by atoms with van der Waals surface area (Å²) in [6, 6.07) is 15.6. The molecule has 3 heteroatoms. The van der Waals surface area contributed by atoms with Crippen LogP contribution >= 0.6 is 0 Å². The van der Waals surface area contributed by atoms with Crippen LogP contribution in [0.25, 0.3) is 0 Å². The summed E-state index contributed by atoms with van der Waals surface area (Å²) in [5.41, 5.74) is 4.27. The first kappa shape index (κ1) is 15.3. The molecule has 0 amide bonds. The monoisotopic (exact) mass is 284 g/mol. The van der Waals surface area contributed by atoms with Crippen molar-refractivity contribution in [3.8, 4) is 0 Å². The van der Waals surface area contributed by atoms with Crippen LogP contribution in [0, 0.1) is 13.8 Å². The molecule has 0 aliphatic rings. The highest BCUT2D eigenvalue weighted by Crippen LogP contribution is 2.15. The van der Waals surface area contributed by atoms with Crippen LogP contribution in [0.4, 0.5) is 0 Å². The van der Waals surface area contributed by atoms with Crippen molar-refractivity contribution in [1.82, 2.24) is 0 Å². The number of benzene rings is 2. The van der Waals surface area contributed by atoms with Crippen LogP contribution in [-0.2, 0) is 22.6 Å². The minimum Gasteiger partial charge on any atom is -0.479 e. The molecule has 0 saturated carbocycles. The number of hydrogen-bond acceptors (Lipinski definition) is 2. The number of carbonyl (C=O) groups is 1. The zero-order valence-corrected chi connectivity index (χ0v) is 12.4. The van der Waals surface area contributed by atoms with Gasteiger partial charge in [0.2, 0.25) is 0 Å². The van der Waals surface area contributed by atoms with E-state index >= 15 is 0 Å². The molecule has 2 aromatic rings. The Bertz CT molecular complexity index is 605. The van der Waals surface area contributed by atoms with Crippen molar-refractivity contribution in [2.75, 3.05) is 0 Å². The Hall–Kier alpha value is -2.13. The third-order valence-electron chi connectivity index (χ3n) is 3.47. The minimum absolute atomic E-state index is 0.308. The molecule has 1 atom stereocenters. The van der Waals surface area contributed by atoms with E-state index in [9.17, 15) is 9.90 Å². The zero-order valence-electron chi connectivity index (χ0n) is 12.4.